The Bertz CT molecular complexity index is 299. The SMILES string of the molecule is CCCC1C=CC=CC1(C(=O)[O-])N(C)C.Cl. The maximum Gasteiger partial charge on any atom is 0.0853 e. The van der Waals surface area contributed by atoms with Gasteiger partial charge >= 0.3 is 0 Å². The van der Waals surface area contributed by atoms with Crippen LogP contribution >= 0.6 is 12.4 Å². The van der Waals surface area contributed by atoms with Crippen molar-refractivity contribution in [1.29, 1.82) is 0 Å². The van der Waals surface area contributed by atoms with Crippen LogP contribution in [0.15, 0.2) is 24.3 Å². The fraction of sp³-hybridized carbons (Fsp3) is 0.583. The van der Waals surface area contributed by atoms with E-state index in [0.717, 1.165) is 12.8 Å². The highest BCUT2D eigenvalue weighted by Gasteiger charge is 2.39. The van der Waals surface area contributed by atoms with Gasteiger partial charge in [0, 0.05) is 5.92 Å². The standard InChI is InChI=1S/C12H19NO2.ClH/c1-4-7-10-8-5-6-9-12(10,11(14)15)13(2)3;/h5-6,8-10H,4,7H2,1-3H3,(H,14,15);1H/p-1. The topological polar surface area (TPSA) is 43.4 Å². The average molecular weight is 245 g/mol. The third kappa shape index (κ3) is 2.47. The first kappa shape index (κ1) is 15.2. The lowest BCUT2D eigenvalue weighted by Gasteiger charge is -2.44. The van der Waals surface area contributed by atoms with Crippen LogP contribution in [0.3, 0.4) is 0 Å². The fourth-order valence-corrected chi connectivity index (χ4v) is 2.18. The molecule has 1 rings (SSSR count). The molecule has 16 heavy (non-hydrogen) atoms. The number of allylic oxidation sites excluding steroid dienone is 2. The molecule has 0 aromatic heterocycles. The lowest BCUT2D eigenvalue weighted by Crippen LogP contribution is -2.60. The van der Waals surface area contributed by atoms with Gasteiger partial charge in [0.25, 0.3) is 0 Å². The summed E-state index contributed by atoms with van der Waals surface area (Å²) in [7, 11) is 3.56. The third-order valence-corrected chi connectivity index (χ3v) is 3.04. The van der Waals surface area contributed by atoms with Crippen LogP contribution < -0.4 is 5.11 Å². The van der Waals surface area contributed by atoms with Gasteiger partial charge in [-0.25, -0.2) is 0 Å². The first-order chi connectivity index (χ1) is 7.05. The molecular weight excluding hydrogens is 226 g/mol. The number of halogens is 1. The van der Waals surface area contributed by atoms with Gasteiger partial charge in [0.2, 0.25) is 0 Å². The number of hydrogen-bond donors (Lipinski definition) is 0. The molecule has 1 aliphatic rings. The van der Waals surface area contributed by atoms with Crippen molar-refractivity contribution < 1.29 is 9.90 Å². The Kier molecular flexibility index (Phi) is 5.76. The van der Waals surface area contributed by atoms with Crippen LogP contribution in [0.5, 0.6) is 0 Å². The molecular formula is C12H19ClNO2-. The van der Waals surface area contributed by atoms with Crippen molar-refractivity contribution in [3.8, 4) is 0 Å². The molecule has 92 valence electrons. The first-order valence-electron chi connectivity index (χ1n) is 5.30. The van der Waals surface area contributed by atoms with Crippen molar-refractivity contribution in [2.75, 3.05) is 14.1 Å². The number of carboxylic acids is 1. The average Bonchev–Trinajstić information content (AvgIpc) is 2.18. The summed E-state index contributed by atoms with van der Waals surface area (Å²) in [6.45, 7) is 2.06. The van der Waals surface area contributed by atoms with Gasteiger partial charge in [0.05, 0.1) is 11.5 Å². The number of carbonyl (C=O) groups is 1. The summed E-state index contributed by atoms with van der Waals surface area (Å²) in [6, 6.07) is 0. The molecule has 0 aromatic rings. The number of aliphatic carboxylic acids is 1. The minimum Gasteiger partial charge on any atom is -0.548 e. The molecule has 1 aliphatic carbocycles. The third-order valence-electron chi connectivity index (χ3n) is 3.04. The molecule has 0 radical (unpaired) electrons. The predicted octanol–water partition coefficient (Wildman–Crippen LogP) is 1.00. The number of hydrogen-bond acceptors (Lipinski definition) is 3. The maximum absolute atomic E-state index is 11.4. The summed E-state index contributed by atoms with van der Waals surface area (Å²) >= 11 is 0. The fourth-order valence-electron chi connectivity index (χ4n) is 2.18. The highest BCUT2D eigenvalue weighted by Crippen LogP contribution is 2.32. The van der Waals surface area contributed by atoms with Gasteiger partial charge in [0.15, 0.2) is 0 Å². The van der Waals surface area contributed by atoms with Crippen molar-refractivity contribution in [1.82, 2.24) is 4.90 Å². The second kappa shape index (κ2) is 6.06. The molecule has 0 bridgehead atoms. The predicted molar refractivity (Wildman–Crippen MR) is 65.4 cm³/mol. The largest absolute Gasteiger partial charge is 0.548 e. The summed E-state index contributed by atoms with van der Waals surface area (Å²) in [5.41, 5.74) is -0.981. The van der Waals surface area contributed by atoms with Gasteiger partial charge in [-0.2, -0.15) is 0 Å². The van der Waals surface area contributed by atoms with Crippen LogP contribution in [-0.4, -0.2) is 30.5 Å². The van der Waals surface area contributed by atoms with E-state index in [0.29, 0.717) is 0 Å². The van der Waals surface area contributed by atoms with Crippen molar-refractivity contribution in [3.05, 3.63) is 24.3 Å². The summed E-state index contributed by atoms with van der Waals surface area (Å²) in [4.78, 5) is 13.1. The van der Waals surface area contributed by atoms with Crippen LogP contribution in [0.25, 0.3) is 0 Å². The second-order valence-corrected chi connectivity index (χ2v) is 4.15. The van der Waals surface area contributed by atoms with Gasteiger partial charge in [-0.1, -0.05) is 37.6 Å². The molecule has 2 unspecified atom stereocenters. The van der Waals surface area contributed by atoms with E-state index in [1.165, 1.54) is 0 Å². The molecule has 0 saturated carbocycles. The Morgan fingerprint density at radius 2 is 2.06 bits per heavy atom. The Balaban J connectivity index is 0.00000225. The lowest BCUT2D eigenvalue weighted by atomic mass is 9.77. The van der Waals surface area contributed by atoms with Crippen molar-refractivity contribution in [2.45, 2.75) is 25.3 Å². The number of likely N-dealkylation sites (N-methyl/N-ethyl adjacent to an activating group) is 1. The van der Waals surface area contributed by atoms with Gasteiger partial charge in [-0.15, -0.1) is 12.4 Å². The van der Waals surface area contributed by atoms with Crippen LogP contribution in [0, 0.1) is 5.92 Å². The maximum atomic E-state index is 11.4. The number of carboxylic acid groups (broad SMARTS) is 1. The Labute approximate surface area is 103 Å². The minimum atomic E-state index is -1.02. The van der Waals surface area contributed by atoms with E-state index in [1.54, 1.807) is 31.1 Å². The van der Waals surface area contributed by atoms with E-state index in [2.05, 4.69) is 6.92 Å². The molecule has 4 heteroatoms. The van der Waals surface area contributed by atoms with Crippen LogP contribution in [0.4, 0.5) is 0 Å². The van der Waals surface area contributed by atoms with E-state index in [1.807, 2.05) is 12.2 Å². The minimum absolute atomic E-state index is 0. The van der Waals surface area contributed by atoms with Crippen molar-refractivity contribution in [3.63, 3.8) is 0 Å². The molecule has 0 spiro atoms. The van der Waals surface area contributed by atoms with E-state index < -0.39 is 11.5 Å². The Morgan fingerprint density at radius 3 is 2.50 bits per heavy atom. The Hall–Kier alpha value is -0.800. The summed E-state index contributed by atoms with van der Waals surface area (Å²) in [5, 5.41) is 11.4. The van der Waals surface area contributed by atoms with E-state index in [9.17, 15) is 9.90 Å². The van der Waals surface area contributed by atoms with Crippen molar-refractivity contribution in [2.24, 2.45) is 5.92 Å². The highest BCUT2D eigenvalue weighted by molar-refractivity contribution is 5.85. The number of carbonyl (C=O) groups excluding carboxylic acids is 1. The monoisotopic (exact) mass is 244 g/mol. The van der Waals surface area contributed by atoms with Crippen molar-refractivity contribution >= 4 is 18.4 Å². The highest BCUT2D eigenvalue weighted by atomic mass is 35.5. The zero-order chi connectivity index (χ0) is 11.5. The molecule has 0 aliphatic heterocycles. The molecule has 0 saturated heterocycles. The Morgan fingerprint density at radius 1 is 1.44 bits per heavy atom. The number of rotatable bonds is 4. The van der Waals surface area contributed by atoms with Gasteiger partial charge in [-0.05, 0) is 20.5 Å². The van der Waals surface area contributed by atoms with Gasteiger partial charge < -0.3 is 9.90 Å². The van der Waals surface area contributed by atoms with Crippen LogP contribution in [-0.2, 0) is 4.79 Å². The molecule has 0 fully saturated rings. The first-order valence-corrected chi connectivity index (χ1v) is 5.30. The molecule has 0 N–H and O–H groups in total. The molecule has 0 amide bonds. The summed E-state index contributed by atoms with van der Waals surface area (Å²) < 4.78 is 0. The van der Waals surface area contributed by atoms with E-state index in [-0.39, 0.29) is 18.3 Å². The van der Waals surface area contributed by atoms with Gasteiger partial charge in [-0.3, -0.25) is 4.90 Å². The molecule has 0 aromatic carbocycles. The lowest BCUT2D eigenvalue weighted by molar-refractivity contribution is -0.317. The van der Waals surface area contributed by atoms with Crippen LogP contribution in [0.2, 0.25) is 0 Å². The van der Waals surface area contributed by atoms with Gasteiger partial charge in [0.1, 0.15) is 0 Å². The summed E-state index contributed by atoms with van der Waals surface area (Å²) in [6.07, 6.45) is 9.19. The quantitative estimate of drug-likeness (QED) is 0.741. The van der Waals surface area contributed by atoms with Crippen LogP contribution in [0.1, 0.15) is 19.8 Å². The number of nitrogens with zero attached hydrogens (tertiary/aromatic N) is 1. The zero-order valence-corrected chi connectivity index (χ0v) is 10.8. The summed E-state index contributed by atoms with van der Waals surface area (Å²) in [5.74, 6) is -1.03. The normalized spacial score (nSPS) is 27.9. The second-order valence-electron chi connectivity index (χ2n) is 4.15. The van der Waals surface area contributed by atoms with E-state index >= 15 is 0 Å². The molecule has 2 atom stereocenters. The molecule has 3 nitrogen and oxygen atoms in total. The molecule has 0 heterocycles. The smallest absolute Gasteiger partial charge is 0.0853 e. The zero-order valence-electron chi connectivity index (χ0n) is 9.97. The van der Waals surface area contributed by atoms with E-state index in [4.69, 9.17) is 0 Å².